The molecule has 0 fully saturated rings. The minimum atomic E-state index is 0.463. The van der Waals surface area contributed by atoms with Crippen molar-refractivity contribution in [3.8, 4) is 0 Å². The van der Waals surface area contributed by atoms with Gasteiger partial charge in [-0.3, -0.25) is 0 Å². The third-order valence-electron chi connectivity index (χ3n) is 3.92. The maximum atomic E-state index is 3.82. The summed E-state index contributed by atoms with van der Waals surface area (Å²) in [5.41, 5.74) is 2.81. The van der Waals surface area contributed by atoms with Crippen molar-refractivity contribution in [3.63, 3.8) is 0 Å². The van der Waals surface area contributed by atoms with E-state index in [2.05, 4.69) is 79.8 Å². The van der Waals surface area contributed by atoms with Crippen LogP contribution in [0.25, 0.3) is 0 Å². The third kappa shape index (κ3) is 5.35. The topological polar surface area (TPSA) is 12.0 Å². The smallest absolute Gasteiger partial charge is 0.0322 e. The summed E-state index contributed by atoms with van der Waals surface area (Å²) in [5.74, 6) is 0. The fourth-order valence-corrected chi connectivity index (χ4v) is 2.81. The normalized spacial score (nSPS) is 13.8. The molecule has 2 atom stereocenters. The van der Waals surface area contributed by atoms with Crippen LogP contribution in [0.3, 0.4) is 0 Å². The summed E-state index contributed by atoms with van der Waals surface area (Å²) in [5, 5.41) is 3.82. The van der Waals surface area contributed by atoms with E-state index in [1.807, 2.05) is 0 Å². The molecule has 0 aromatic heterocycles. The molecule has 2 unspecified atom stereocenters. The summed E-state index contributed by atoms with van der Waals surface area (Å²) in [4.78, 5) is 0. The van der Waals surface area contributed by atoms with Gasteiger partial charge in [0.15, 0.2) is 0 Å². The van der Waals surface area contributed by atoms with Crippen molar-refractivity contribution in [1.82, 2.24) is 5.32 Å². The second-order valence-corrected chi connectivity index (χ2v) is 5.86. The van der Waals surface area contributed by atoms with E-state index in [1.165, 1.54) is 30.4 Å². The second kappa shape index (κ2) is 8.63. The van der Waals surface area contributed by atoms with E-state index in [1.54, 1.807) is 0 Å². The number of unbranched alkanes of at least 4 members (excludes halogenated alkanes) is 1. The predicted molar refractivity (Wildman–Crippen MR) is 91.5 cm³/mol. The van der Waals surface area contributed by atoms with E-state index in [4.69, 9.17) is 0 Å². The van der Waals surface area contributed by atoms with Crippen LogP contribution in [0, 0.1) is 0 Å². The van der Waals surface area contributed by atoms with Gasteiger partial charge in [0.2, 0.25) is 0 Å². The molecule has 21 heavy (non-hydrogen) atoms. The van der Waals surface area contributed by atoms with Crippen LogP contribution in [0.5, 0.6) is 0 Å². The highest BCUT2D eigenvalue weighted by molar-refractivity contribution is 5.20. The average Bonchev–Trinajstić information content (AvgIpc) is 2.53. The van der Waals surface area contributed by atoms with Crippen molar-refractivity contribution in [1.29, 1.82) is 0 Å². The van der Waals surface area contributed by atoms with Crippen LogP contribution < -0.4 is 5.32 Å². The molecule has 0 heterocycles. The lowest BCUT2D eigenvalue weighted by molar-refractivity contribution is 0.421. The van der Waals surface area contributed by atoms with Gasteiger partial charge in [0.05, 0.1) is 0 Å². The standard InChI is InChI=1S/C20H27N/c1-3-4-15-20(19-13-9-6-10-14-19)21-17(2)16-18-11-7-5-8-12-18/h5-14,17,20-21H,3-4,15-16H2,1-2H3. The maximum absolute atomic E-state index is 3.82. The van der Waals surface area contributed by atoms with Crippen LogP contribution >= 0.6 is 0 Å². The molecular formula is C20H27N. The molecule has 0 aliphatic carbocycles. The van der Waals surface area contributed by atoms with E-state index in [-0.39, 0.29) is 0 Å². The first-order chi connectivity index (χ1) is 10.3. The number of benzene rings is 2. The molecule has 0 saturated carbocycles. The molecule has 1 N–H and O–H groups in total. The predicted octanol–water partition coefficient (Wildman–Crippen LogP) is 5.14. The van der Waals surface area contributed by atoms with Crippen molar-refractivity contribution < 1.29 is 0 Å². The SMILES string of the molecule is CCCCC(NC(C)Cc1ccccc1)c1ccccc1. The largest absolute Gasteiger partial charge is 0.307 e. The summed E-state index contributed by atoms with van der Waals surface area (Å²) in [6.45, 7) is 4.55. The molecule has 2 rings (SSSR count). The summed E-state index contributed by atoms with van der Waals surface area (Å²) in [7, 11) is 0. The molecule has 0 bridgehead atoms. The van der Waals surface area contributed by atoms with Gasteiger partial charge in [-0.2, -0.15) is 0 Å². The molecule has 0 spiro atoms. The van der Waals surface area contributed by atoms with E-state index in [9.17, 15) is 0 Å². The molecule has 2 aromatic carbocycles. The molecule has 112 valence electrons. The molecule has 0 saturated heterocycles. The first kappa shape index (κ1) is 15.8. The number of hydrogen-bond donors (Lipinski definition) is 1. The van der Waals surface area contributed by atoms with Gasteiger partial charge in [-0.15, -0.1) is 0 Å². The molecule has 1 nitrogen and oxygen atoms in total. The average molecular weight is 281 g/mol. The van der Waals surface area contributed by atoms with Crippen LogP contribution in [0.15, 0.2) is 60.7 Å². The lowest BCUT2D eigenvalue weighted by atomic mass is 9.99. The van der Waals surface area contributed by atoms with Crippen LogP contribution in [-0.2, 0) is 6.42 Å². The Bertz CT molecular complexity index is 492. The second-order valence-electron chi connectivity index (χ2n) is 5.86. The summed E-state index contributed by atoms with van der Waals surface area (Å²) in [6.07, 6.45) is 4.80. The van der Waals surface area contributed by atoms with Gasteiger partial charge in [-0.1, -0.05) is 80.4 Å². The molecule has 0 aliphatic heterocycles. The summed E-state index contributed by atoms with van der Waals surface area (Å²) >= 11 is 0. The molecule has 1 heteroatoms. The lowest BCUT2D eigenvalue weighted by Crippen LogP contribution is -2.32. The Balaban J connectivity index is 1.97. The van der Waals surface area contributed by atoms with Gasteiger partial charge >= 0.3 is 0 Å². The Kier molecular flexibility index (Phi) is 6.49. The Labute approximate surface area is 129 Å². The molecule has 0 aliphatic rings. The number of rotatable bonds is 8. The Morgan fingerprint density at radius 3 is 2.14 bits per heavy atom. The maximum Gasteiger partial charge on any atom is 0.0322 e. The fourth-order valence-electron chi connectivity index (χ4n) is 2.81. The number of nitrogens with one attached hydrogen (secondary N) is 1. The molecule has 0 radical (unpaired) electrons. The zero-order chi connectivity index (χ0) is 14.9. The first-order valence-corrected chi connectivity index (χ1v) is 8.14. The van der Waals surface area contributed by atoms with Gasteiger partial charge < -0.3 is 5.32 Å². The molecule has 0 amide bonds. The highest BCUT2D eigenvalue weighted by atomic mass is 14.9. The van der Waals surface area contributed by atoms with E-state index in [0.717, 1.165) is 6.42 Å². The van der Waals surface area contributed by atoms with E-state index < -0.39 is 0 Å². The van der Waals surface area contributed by atoms with Gasteiger partial charge in [0.1, 0.15) is 0 Å². The highest BCUT2D eigenvalue weighted by Crippen LogP contribution is 2.20. The van der Waals surface area contributed by atoms with Gasteiger partial charge in [0, 0.05) is 12.1 Å². The third-order valence-corrected chi connectivity index (χ3v) is 3.92. The monoisotopic (exact) mass is 281 g/mol. The zero-order valence-electron chi connectivity index (χ0n) is 13.3. The van der Waals surface area contributed by atoms with E-state index in [0.29, 0.717) is 12.1 Å². The quantitative estimate of drug-likeness (QED) is 0.706. The van der Waals surface area contributed by atoms with Crippen LogP contribution in [0.1, 0.15) is 50.3 Å². The van der Waals surface area contributed by atoms with Crippen LogP contribution in [-0.4, -0.2) is 6.04 Å². The van der Waals surface area contributed by atoms with Crippen LogP contribution in [0.4, 0.5) is 0 Å². The van der Waals surface area contributed by atoms with Crippen molar-refractivity contribution >= 4 is 0 Å². The van der Waals surface area contributed by atoms with Crippen LogP contribution in [0.2, 0.25) is 0 Å². The number of hydrogen-bond acceptors (Lipinski definition) is 1. The Hall–Kier alpha value is -1.60. The van der Waals surface area contributed by atoms with Gasteiger partial charge in [-0.25, -0.2) is 0 Å². The summed E-state index contributed by atoms with van der Waals surface area (Å²) in [6, 6.07) is 22.5. The van der Waals surface area contributed by atoms with Crippen molar-refractivity contribution in [2.45, 2.75) is 51.6 Å². The summed E-state index contributed by atoms with van der Waals surface area (Å²) < 4.78 is 0. The lowest BCUT2D eigenvalue weighted by Gasteiger charge is -2.24. The fraction of sp³-hybridized carbons (Fsp3) is 0.400. The first-order valence-electron chi connectivity index (χ1n) is 8.14. The Morgan fingerprint density at radius 2 is 1.52 bits per heavy atom. The van der Waals surface area contributed by atoms with Gasteiger partial charge in [0.25, 0.3) is 0 Å². The Morgan fingerprint density at radius 1 is 0.905 bits per heavy atom. The highest BCUT2D eigenvalue weighted by Gasteiger charge is 2.13. The van der Waals surface area contributed by atoms with Gasteiger partial charge in [-0.05, 0) is 30.9 Å². The van der Waals surface area contributed by atoms with Crippen molar-refractivity contribution in [2.75, 3.05) is 0 Å². The molecule has 2 aromatic rings. The zero-order valence-corrected chi connectivity index (χ0v) is 13.3. The minimum Gasteiger partial charge on any atom is -0.307 e. The van der Waals surface area contributed by atoms with Crippen molar-refractivity contribution in [3.05, 3.63) is 71.8 Å². The minimum absolute atomic E-state index is 0.463. The molecular weight excluding hydrogens is 254 g/mol. The van der Waals surface area contributed by atoms with E-state index >= 15 is 0 Å². The van der Waals surface area contributed by atoms with Crippen molar-refractivity contribution in [2.24, 2.45) is 0 Å².